The van der Waals surface area contributed by atoms with Crippen LogP contribution in [0.1, 0.15) is 47.4 Å². The molecule has 11 nitrogen and oxygen atoms in total. The van der Waals surface area contributed by atoms with Crippen molar-refractivity contribution in [2.24, 2.45) is 5.92 Å². The summed E-state index contributed by atoms with van der Waals surface area (Å²) in [5.74, 6) is 1.34. The van der Waals surface area contributed by atoms with E-state index in [0.29, 0.717) is 41.8 Å². The fourth-order valence-electron chi connectivity index (χ4n) is 4.38. The third kappa shape index (κ3) is 6.55. The van der Waals surface area contributed by atoms with Gasteiger partial charge in [0.1, 0.15) is 11.4 Å². The summed E-state index contributed by atoms with van der Waals surface area (Å²) in [6, 6.07) is 11.1. The summed E-state index contributed by atoms with van der Waals surface area (Å²) in [6.45, 7) is 2.85. The number of nitrogens with zero attached hydrogens (tertiary/aromatic N) is 5. The molecule has 0 bridgehead atoms. The molecule has 0 atom stereocenters. The third-order valence-electron chi connectivity index (χ3n) is 6.31. The van der Waals surface area contributed by atoms with Crippen molar-refractivity contribution in [2.75, 3.05) is 14.2 Å². The topological polar surface area (TPSA) is 136 Å². The van der Waals surface area contributed by atoms with Crippen LogP contribution in [-0.2, 0) is 13.1 Å². The van der Waals surface area contributed by atoms with E-state index in [1.807, 2.05) is 37.3 Å². The molecule has 1 saturated carbocycles. The molecule has 0 unspecified atom stereocenters. The molecule has 1 aliphatic carbocycles. The molecule has 1 aliphatic rings. The van der Waals surface area contributed by atoms with Crippen molar-refractivity contribution in [3.63, 3.8) is 0 Å². The average Bonchev–Trinajstić information content (AvgIpc) is 3.36. The molecule has 3 N–H and O–H groups in total. The molecule has 36 heavy (non-hydrogen) atoms. The molecule has 0 spiro atoms. The predicted molar refractivity (Wildman–Crippen MR) is 133 cm³/mol. The van der Waals surface area contributed by atoms with Crippen LogP contribution in [0.25, 0.3) is 11.4 Å². The van der Waals surface area contributed by atoms with Crippen molar-refractivity contribution >= 4 is 11.9 Å². The van der Waals surface area contributed by atoms with Gasteiger partial charge < -0.3 is 20.7 Å². The SMILES string of the molecule is CNC(=O)NC1CCC(Cn2nnc(-c3cc(C)nc(C(=O)NCc4cccc(OC)c4)c3)n2)CC1. The molecule has 11 heteroatoms. The van der Waals surface area contributed by atoms with Crippen LogP contribution in [0.4, 0.5) is 4.79 Å². The van der Waals surface area contributed by atoms with Crippen LogP contribution >= 0.6 is 0 Å². The molecule has 190 valence electrons. The highest BCUT2D eigenvalue weighted by atomic mass is 16.5. The standard InChI is InChI=1S/C25H32N8O3/c1-16-11-19(13-22(28-16)24(34)27-14-18-5-4-6-21(12-18)36-3)23-30-32-33(31-23)15-17-7-9-20(10-8-17)29-25(35)26-2/h4-6,11-13,17,20H,7-10,14-15H2,1-3H3,(H,27,34)(H2,26,29,35). The minimum atomic E-state index is -0.280. The molecule has 2 heterocycles. The first-order valence-electron chi connectivity index (χ1n) is 12.1. The number of carbonyl (C=O) groups is 2. The number of ether oxygens (including phenoxy) is 1. The van der Waals surface area contributed by atoms with E-state index in [4.69, 9.17) is 4.74 Å². The summed E-state index contributed by atoms with van der Waals surface area (Å²) in [4.78, 5) is 30.3. The number of urea groups is 1. The van der Waals surface area contributed by atoms with Gasteiger partial charge >= 0.3 is 6.03 Å². The van der Waals surface area contributed by atoms with Gasteiger partial charge in [0.2, 0.25) is 5.82 Å². The highest BCUT2D eigenvalue weighted by molar-refractivity contribution is 5.93. The fourth-order valence-corrected chi connectivity index (χ4v) is 4.38. The molecule has 4 rings (SSSR count). The number of benzene rings is 1. The maximum Gasteiger partial charge on any atom is 0.314 e. The Morgan fingerprint density at radius 2 is 1.94 bits per heavy atom. The highest BCUT2D eigenvalue weighted by Crippen LogP contribution is 2.26. The number of pyridine rings is 1. The maximum atomic E-state index is 12.8. The number of rotatable bonds is 8. The van der Waals surface area contributed by atoms with Gasteiger partial charge in [-0.05, 0) is 73.6 Å². The van der Waals surface area contributed by atoms with Crippen molar-refractivity contribution < 1.29 is 14.3 Å². The summed E-state index contributed by atoms with van der Waals surface area (Å²) in [6.07, 6.45) is 3.82. The Kier molecular flexibility index (Phi) is 8.09. The highest BCUT2D eigenvalue weighted by Gasteiger charge is 2.23. The molecule has 0 saturated heterocycles. The van der Waals surface area contributed by atoms with Gasteiger partial charge in [-0.1, -0.05) is 12.1 Å². The predicted octanol–water partition coefficient (Wildman–Crippen LogP) is 2.47. The molecule has 2 aromatic heterocycles. The zero-order chi connectivity index (χ0) is 25.5. The zero-order valence-electron chi connectivity index (χ0n) is 20.8. The number of hydrogen-bond acceptors (Lipinski definition) is 7. The molecule has 0 radical (unpaired) electrons. The number of amides is 3. The van der Waals surface area contributed by atoms with E-state index in [2.05, 4.69) is 36.3 Å². The number of nitrogens with one attached hydrogen (secondary N) is 3. The van der Waals surface area contributed by atoms with Crippen molar-refractivity contribution in [1.29, 1.82) is 0 Å². The van der Waals surface area contributed by atoms with Gasteiger partial charge in [-0.2, -0.15) is 4.80 Å². The summed E-state index contributed by atoms with van der Waals surface area (Å²) < 4.78 is 5.24. The minimum absolute atomic E-state index is 0.137. The summed E-state index contributed by atoms with van der Waals surface area (Å²) >= 11 is 0. The van der Waals surface area contributed by atoms with Crippen molar-refractivity contribution in [1.82, 2.24) is 41.1 Å². The van der Waals surface area contributed by atoms with Crippen LogP contribution in [-0.4, -0.2) is 57.3 Å². The van der Waals surface area contributed by atoms with Crippen molar-refractivity contribution in [3.8, 4) is 17.1 Å². The van der Waals surface area contributed by atoms with Crippen molar-refractivity contribution in [3.05, 3.63) is 53.3 Å². The third-order valence-corrected chi connectivity index (χ3v) is 6.31. The van der Waals surface area contributed by atoms with E-state index in [9.17, 15) is 9.59 Å². The molecule has 3 aromatic rings. The van der Waals surface area contributed by atoms with Gasteiger partial charge in [0.05, 0.1) is 13.7 Å². The van der Waals surface area contributed by atoms with E-state index in [1.165, 1.54) is 0 Å². The Hall–Kier alpha value is -4.02. The fraction of sp³-hybridized carbons (Fsp3) is 0.440. The monoisotopic (exact) mass is 492 g/mol. The zero-order valence-corrected chi connectivity index (χ0v) is 20.8. The van der Waals surface area contributed by atoms with E-state index < -0.39 is 0 Å². The molecular weight excluding hydrogens is 460 g/mol. The van der Waals surface area contributed by atoms with E-state index >= 15 is 0 Å². The van der Waals surface area contributed by atoms with Gasteiger partial charge in [0, 0.05) is 30.9 Å². The lowest BCUT2D eigenvalue weighted by atomic mass is 9.86. The summed E-state index contributed by atoms with van der Waals surface area (Å²) in [5, 5.41) is 21.5. The van der Waals surface area contributed by atoms with Crippen LogP contribution in [0, 0.1) is 12.8 Å². The summed E-state index contributed by atoms with van der Waals surface area (Å²) in [7, 11) is 3.23. The first-order valence-corrected chi connectivity index (χ1v) is 12.1. The van der Waals surface area contributed by atoms with Gasteiger partial charge in [-0.15, -0.1) is 10.2 Å². The lowest BCUT2D eigenvalue weighted by Crippen LogP contribution is -2.42. The van der Waals surface area contributed by atoms with Crippen LogP contribution in [0.15, 0.2) is 36.4 Å². The van der Waals surface area contributed by atoms with Gasteiger partial charge in [-0.25, -0.2) is 9.78 Å². The Morgan fingerprint density at radius 3 is 2.69 bits per heavy atom. The van der Waals surface area contributed by atoms with Crippen LogP contribution < -0.4 is 20.7 Å². The lowest BCUT2D eigenvalue weighted by Gasteiger charge is -2.28. The van der Waals surface area contributed by atoms with E-state index in [-0.39, 0.29) is 18.0 Å². The minimum Gasteiger partial charge on any atom is -0.497 e. The molecule has 1 fully saturated rings. The second-order valence-electron chi connectivity index (χ2n) is 9.03. The van der Waals surface area contributed by atoms with Gasteiger partial charge in [0.15, 0.2) is 0 Å². The number of hydrogen-bond donors (Lipinski definition) is 3. The average molecular weight is 493 g/mol. The smallest absolute Gasteiger partial charge is 0.314 e. The largest absolute Gasteiger partial charge is 0.497 e. The van der Waals surface area contributed by atoms with Gasteiger partial charge in [0.25, 0.3) is 5.91 Å². The second kappa shape index (κ2) is 11.6. The number of methoxy groups -OCH3 is 1. The molecule has 0 aliphatic heterocycles. The van der Waals surface area contributed by atoms with Gasteiger partial charge in [-0.3, -0.25) is 4.79 Å². The first-order chi connectivity index (χ1) is 17.4. The number of aryl methyl sites for hydroxylation is 1. The Morgan fingerprint density at radius 1 is 1.14 bits per heavy atom. The Balaban J connectivity index is 1.36. The molecule has 3 amide bonds. The summed E-state index contributed by atoms with van der Waals surface area (Å²) in [5.41, 5.74) is 2.61. The number of tetrazole rings is 1. The maximum absolute atomic E-state index is 12.8. The van der Waals surface area contributed by atoms with E-state index in [1.54, 1.807) is 25.0 Å². The first kappa shape index (κ1) is 25.1. The second-order valence-corrected chi connectivity index (χ2v) is 9.03. The van der Waals surface area contributed by atoms with E-state index in [0.717, 1.165) is 37.0 Å². The van der Waals surface area contributed by atoms with Crippen LogP contribution in [0.2, 0.25) is 0 Å². The molecular formula is C25H32N8O3. The van der Waals surface area contributed by atoms with Crippen LogP contribution in [0.3, 0.4) is 0 Å². The number of carbonyl (C=O) groups excluding carboxylic acids is 2. The quantitative estimate of drug-likeness (QED) is 0.439. The van der Waals surface area contributed by atoms with Crippen molar-refractivity contribution in [2.45, 2.75) is 51.7 Å². The Labute approximate surface area is 210 Å². The Bertz CT molecular complexity index is 1200. The number of aromatic nitrogens is 5. The molecule has 1 aromatic carbocycles. The van der Waals surface area contributed by atoms with Crippen LogP contribution in [0.5, 0.6) is 5.75 Å². The normalized spacial score (nSPS) is 17.3. The lowest BCUT2D eigenvalue weighted by molar-refractivity contribution is 0.0945.